The maximum Gasteiger partial charge on any atom is 0.0946 e. The highest BCUT2D eigenvalue weighted by atomic mass is 16.5. The van der Waals surface area contributed by atoms with Gasteiger partial charge in [0.1, 0.15) is 0 Å². The van der Waals surface area contributed by atoms with Gasteiger partial charge in [0.25, 0.3) is 0 Å². The monoisotopic (exact) mass is 240 g/mol. The molecule has 1 aromatic rings. The Hall–Kier alpha value is -0.910. The first-order chi connectivity index (χ1) is 8.06. The van der Waals surface area contributed by atoms with Crippen molar-refractivity contribution in [2.45, 2.75) is 26.0 Å². The summed E-state index contributed by atoms with van der Waals surface area (Å²) in [5, 5.41) is 0. The second-order valence-corrected chi connectivity index (χ2v) is 4.58. The molecule has 1 unspecified atom stereocenters. The fraction of sp³-hybridized carbons (Fsp3) is 0.750. The summed E-state index contributed by atoms with van der Waals surface area (Å²) in [6.07, 6.45) is 3.95. The predicted octanol–water partition coefficient (Wildman–Crippen LogP) is 0.777. The number of hydrogen-bond donors (Lipinski definition) is 1. The van der Waals surface area contributed by atoms with Gasteiger partial charge in [-0.2, -0.15) is 0 Å². The van der Waals surface area contributed by atoms with Gasteiger partial charge in [0.05, 0.1) is 30.8 Å². The van der Waals surface area contributed by atoms with Crippen LogP contribution in [0, 0.1) is 0 Å². The number of hydrogen-bond acceptors (Lipinski definition) is 4. The maximum atomic E-state index is 5.84. The van der Waals surface area contributed by atoms with E-state index in [0.717, 1.165) is 18.8 Å². The molecular weight excluding hydrogens is 216 g/mol. The van der Waals surface area contributed by atoms with E-state index >= 15 is 0 Å². The number of aromatic nitrogens is 2. The molecule has 5 heteroatoms. The number of nitrogens with two attached hydrogens (primary N) is 1. The van der Waals surface area contributed by atoms with Crippen LogP contribution in [0.1, 0.15) is 25.6 Å². The minimum Gasteiger partial charge on any atom is -0.377 e. The summed E-state index contributed by atoms with van der Waals surface area (Å²) >= 11 is 0. The summed E-state index contributed by atoms with van der Waals surface area (Å²) in [4.78, 5) is 6.34. The number of ether oxygens (including phenoxy) is 1. The Bertz CT molecular complexity index is 324. The lowest BCUT2D eigenvalue weighted by Crippen LogP contribution is -2.34. The summed E-state index contributed by atoms with van der Waals surface area (Å²) < 4.78 is 7.56. The Morgan fingerprint density at radius 2 is 2.24 bits per heavy atom. The second-order valence-electron chi connectivity index (χ2n) is 4.58. The van der Waals surface area contributed by atoms with Crippen LogP contribution in [-0.4, -0.2) is 47.3 Å². The van der Waals surface area contributed by atoms with E-state index in [1.54, 1.807) is 6.33 Å². The molecule has 17 heavy (non-hydrogen) atoms. The van der Waals surface area contributed by atoms with Crippen molar-refractivity contribution < 1.29 is 4.74 Å². The molecule has 0 radical (unpaired) electrons. The van der Waals surface area contributed by atoms with Crippen molar-refractivity contribution in [1.29, 1.82) is 0 Å². The van der Waals surface area contributed by atoms with Crippen molar-refractivity contribution >= 4 is 0 Å². The van der Waals surface area contributed by atoms with Crippen LogP contribution in [0.5, 0.6) is 0 Å². The zero-order valence-corrected chi connectivity index (χ0v) is 11.3. The molecule has 1 rings (SSSR count). The van der Waals surface area contributed by atoms with E-state index < -0.39 is 0 Å². The molecule has 0 saturated carbocycles. The lowest BCUT2D eigenvalue weighted by molar-refractivity contribution is 0.0558. The van der Waals surface area contributed by atoms with E-state index in [0.29, 0.717) is 6.54 Å². The fourth-order valence-electron chi connectivity index (χ4n) is 1.80. The largest absolute Gasteiger partial charge is 0.377 e. The Labute approximate surface area is 104 Å². The quantitative estimate of drug-likeness (QED) is 0.765. The molecule has 0 amide bonds. The third kappa shape index (κ3) is 4.11. The molecule has 0 aliphatic rings. The standard InChI is InChI=1S/C12H24N4O/c1-10(2)17-6-5-15(3)11(7-13)12-8-14-9-16(12)4/h8-11H,5-7,13H2,1-4H3. The number of imidazole rings is 1. The van der Waals surface area contributed by atoms with Crippen molar-refractivity contribution in [2.75, 3.05) is 26.7 Å². The predicted molar refractivity (Wildman–Crippen MR) is 68.7 cm³/mol. The van der Waals surface area contributed by atoms with Crippen molar-refractivity contribution in [3.8, 4) is 0 Å². The van der Waals surface area contributed by atoms with E-state index in [-0.39, 0.29) is 12.1 Å². The van der Waals surface area contributed by atoms with Crippen LogP contribution in [0.15, 0.2) is 12.5 Å². The minimum atomic E-state index is 0.193. The molecule has 98 valence electrons. The van der Waals surface area contributed by atoms with Gasteiger partial charge in [-0.05, 0) is 20.9 Å². The molecule has 0 aromatic carbocycles. The topological polar surface area (TPSA) is 56.3 Å². The van der Waals surface area contributed by atoms with Gasteiger partial charge in [-0.3, -0.25) is 4.90 Å². The van der Waals surface area contributed by atoms with E-state index in [1.165, 1.54) is 0 Å². The van der Waals surface area contributed by atoms with Crippen LogP contribution in [0.4, 0.5) is 0 Å². The van der Waals surface area contributed by atoms with Gasteiger partial charge >= 0.3 is 0 Å². The van der Waals surface area contributed by atoms with Crippen LogP contribution < -0.4 is 5.73 Å². The zero-order valence-electron chi connectivity index (χ0n) is 11.3. The lowest BCUT2D eigenvalue weighted by atomic mass is 10.2. The summed E-state index contributed by atoms with van der Waals surface area (Å²) in [6, 6.07) is 0.193. The molecule has 0 saturated heterocycles. The van der Waals surface area contributed by atoms with Crippen LogP contribution >= 0.6 is 0 Å². The molecule has 1 atom stereocenters. The highest BCUT2D eigenvalue weighted by Gasteiger charge is 2.18. The average molecular weight is 240 g/mol. The van der Waals surface area contributed by atoms with Crippen LogP contribution in [0.3, 0.4) is 0 Å². The highest BCUT2D eigenvalue weighted by molar-refractivity contribution is 5.05. The Balaban J connectivity index is 2.53. The van der Waals surface area contributed by atoms with Gasteiger partial charge in [0.2, 0.25) is 0 Å². The molecule has 1 heterocycles. The molecule has 0 fully saturated rings. The SMILES string of the molecule is CC(C)OCCN(C)C(CN)c1cncn1C. The second kappa shape index (κ2) is 6.74. The third-order valence-electron chi connectivity index (χ3n) is 2.85. The van der Waals surface area contributed by atoms with Gasteiger partial charge in [-0.15, -0.1) is 0 Å². The Kier molecular flexibility index (Phi) is 5.61. The van der Waals surface area contributed by atoms with Gasteiger partial charge < -0.3 is 15.0 Å². The summed E-state index contributed by atoms with van der Waals surface area (Å²) in [7, 11) is 4.05. The number of aryl methyl sites for hydroxylation is 1. The molecule has 0 bridgehead atoms. The number of nitrogens with zero attached hydrogens (tertiary/aromatic N) is 3. The van der Waals surface area contributed by atoms with Crippen LogP contribution in [0.25, 0.3) is 0 Å². The first-order valence-corrected chi connectivity index (χ1v) is 6.04. The summed E-state index contributed by atoms with van der Waals surface area (Å²) in [6.45, 7) is 6.26. The number of likely N-dealkylation sites (N-methyl/N-ethyl adjacent to an activating group) is 1. The van der Waals surface area contributed by atoms with E-state index in [1.807, 2.05) is 31.7 Å². The fourth-order valence-corrected chi connectivity index (χ4v) is 1.80. The van der Waals surface area contributed by atoms with Crippen LogP contribution in [-0.2, 0) is 11.8 Å². The molecule has 0 aliphatic carbocycles. The first-order valence-electron chi connectivity index (χ1n) is 6.04. The maximum absolute atomic E-state index is 5.84. The minimum absolute atomic E-state index is 0.193. The van der Waals surface area contributed by atoms with Crippen molar-refractivity contribution in [1.82, 2.24) is 14.5 Å². The normalized spacial score (nSPS) is 13.6. The smallest absolute Gasteiger partial charge is 0.0946 e. The molecular formula is C12H24N4O. The van der Waals surface area contributed by atoms with Crippen molar-refractivity contribution in [2.24, 2.45) is 12.8 Å². The Morgan fingerprint density at radius 3 is 2.71 bits per heavy atom. The van der Waals surface area contributed by atoms with Gasteiger partial charge in [0, 0.05) is 26.3 Å². The Morgan fingerprint density at radius 1 is 1.53 bits per heavy atom. The molecule has 1 aromatic heterocycles. The average Bonchev–Trinajstić information content (AvgIpc) is 2.66. The van der Waals surface area contributed by atoms with Gasteiger partial charge in [0.15, 0.2) is 0 Å². The van der Waals surface area contributed by atoms with Gasteiger partial charge in [-0.1, -0.05) is 0 Å². The highest BCUT2D eigenvalue weighted by Crippen LogP contribution is 2.16. The zero-order chi connectivity index (χ0) is 12.8. The van der Waals surface area contributed by atoms with E-state index in [2.05, 4.69) is 16.9 Å². The molecule has 5 nitrogen and oxygen atoms in total. The summed E-state index contributed by atoms with van der Waals surface area (Å²) in [5.41, 5.74) is 6.98. The van der Waals surface area contributed by atoms with E-state index in [4.69, 9.17) is 10.5 Å². The molecule has 2 N–H and O–H groups in total. The number of rotatable bonds is 7. The molecule has 0 aliphatic heterocycles. The molecule has 0 spiro atoms. The summed E-state index contributed by atoms with van der Waals surface area (Å²) in [5.74, 6) is 0. The van der Waals surface area contributed by atoms with Crippen LogP contribution in [0.2, 0.25) is 0 Å². The van der Waals surface area contributed by atoms with E-state index in [9.17, 15) is 0 Å². The third-order valence-corrected chi connectivity index (χ3v) is 2.85. The lowest BCUT2D eigenvalue weighted by Gasteiger charge is -2.27. The van der Waals surface area contributed by atoms with Gasteiger partial charge in [-0.25, -0.2) is 4.98 Å². The van der Waals surface area contributed by atoms with Crippen molar-refractivity contribution in [3.05, 3.63) is 18.2 Å². The van der Waals surface area contributed by atoms with Crippen molar-refractivity contribution in [3.63, 3.8) is 0 Å². The first kappa shape index (κ1) is 14.2.